The molecule has 0 saturated heterocycles. The number of ketones is 1. The summed E-state index contributed by atoms with van der Waals surface area (Å²) in [6, 6.07) is 18.2. The third kappa shape index (κ3) is 4.86. The van der Waals surface area contributed by atoms with Crippen LogP contribution in [0.1, 0.15) is 53.9 Å². The Hall–Kier alpha value is -4.20. The van der Waals surface area contributed by atoms with Gasteiger partial charge in [-0.2, -0.15) is 13.2 Å². The standard InChI is InChI=1S/C30H26F3N3O2/c1-17-12-13-34-25(14-17)36-29(38)26-18(2)35-23-15-20(19-8-4-3-5-9-19)16-24(37)28(23)27(26)21-10-6-7-11-22(21)30(31,32)33/h3-14,20,27,35H,15-16H2,1-2H3,(H,34,36,38). The molecule has 0 saturated carbocycles. The van der Waals surface area contributed by atoms with Crippen LogP contribution >= 0.6 is 0 Å². The van der Waals surface area contributed by atoms with Crippen molar-refractivity contribution in [3.8, 4) is 0 Å². The van der Waals surface area contributed by atoms with Crippen LogP contribution < -0.4 is 10.6 Å². The molecule has 1 aliphatic heterocycles. The number of amides is 1. The number of pyridine rings is 1. The Kier molecular flexibility index (Phi) is 6.65. The lowest BCUT2D eigenvalue weighted by atomic mass is 9.70. The predicted octanol–water partition coefficient (Wildman–Crippen LogP) is 6.41. The number of carbonyl (C=O) groups is 2. The van der Waals surface area contributed by atoms with E-state index in [-0.39, 0.29) is 40.6 Å². The lowest BCUT2D eigenvalue weighted by Crippen LogP contribution is -2.37. The highest BCUT2D eigenvalue weighted by Gasteiger charge is 2.44. The molecule has 2 atom stereocenters. The maximum Gasteiger partial charge on any atom is 0.416 e. The number of aromatic nitrogens is 1. The van der Waals surface area contributed by atoms with Crippen molar-refractivity contribution in [1.82, 2.24) is 10.3 Å². The lowest BCUT2D eigenvalue weighted by Gasteiger charge is -2.37. The highest BCUT2D eigenvalue weighted by atomic mass is 19.4. The zero-order chi connectivity index (χ0) is 27.0. The minimum absolute atomic E-state index is 0.0651. The topological polar surface area (TPSA) is 71.1 Å². The van der Waals surface area contributed by atoms with Crippen LogP contribution in [0.25, 0.3) is 0 Å². The first-order valence-corrected chi connectivity index (χ1v) is 12.3. The molecular weight excluding hydrogens is 491 g/mol. The molecule has 38 heavy (non-hydrogen) atoms. The van der Waals surface area contributed by atoms with Gasteiger partial charge in [0.05, 0.1) is 5.56 Å². The number of alkyl halides is 3. The fourth-order valence-corrected chi connectivity index (χ4v) is 5.41. The van der Waals surface area contributed by atoms with Gasteiger partial charge in [-0.25, -0.2) is 4.98 Å². The number of rotatable bonds is 4. The molecule has 1 aliphatic carbocycles. The number of halogens is 3. The molecular formula is C30H26F3N3O2. The molecule has 2 heterocycles. The fraction of sp³-hybridized carbons (Fsp3) is 0.233. The average Bonchev–Trinajstić information content (AvgIpc) is 2.87. The number of dihydropyridines is 1. The van der Waals surface area contributed by atoms with E-state index in [0.717, 1.165) is 17.2 Å². The summed E-state index contributed by atoms with van der Waals surface area (Å²) < 4.78 is 42.5. The first-order chi connectivity index (χ1) is 18.1. The third-order valence-electron chi connectivity index (χ3n) is 7.08. The number of carbonyl (C=O) groups excluding carboxylic acids is 2. The highest BCUT2D eigenvalue weighted by Crippen LogP contribution is 2.48. The Bertz CT molecular complexity index is 1480. The van der Waals surface area contributed by atoms with Gasteiger partial charge in [-0.15, -0.1) is 0 Å². The summed E-state index contributed by atoms with van der Waals surface area (Å²) in [7, 11) is 0. The minimum Gasteiger partial charge on any atom is -0.362 e. The number of hydrogen-bond acceptors (Lipinski definition) is 4. The molecule has 2 aliphatic rings. The van der Waals surface area contributed by atoms with Crippen molar-refractivity contribution in [3.05, 3.63) is 118 Å². The summed E-state index contributed by atoms with van der Waals surface area (Å²) in [6.07, 6.45) is -2.54. The number of hydrogen-bond donors (Lipinski definition) is 2. The number of aryl methyl sites for hydroxylation is 1. The van der Waals surface area contributed by atoms with E-state index in [1.807, 2.05) is 37.3 Å². The van der Waals surface area contributed by atoms with E-state index >= 15 is 0 Å². The largest absolute Gasteiger partial charge is 0.416 e. The molecule has 0 radical (unpaired) electrons. The minimum atomic E-state index is -4.67. The molecule has 1 aromatic heterocycles. The Morgan fingerprint density at radius 2 is 1.71 bits per heavy atom. The van der Waals surface area contributed by atoms with Crippen molar-refractivity contribution < 1.29 is 22.8 Å². The maximum absolute atomic E-state index is 14.2. The first-order valence-electron chi connectivity index (χ1n) is 12.3. The van der Waals surface area contributed by atoms with E-state index in [9.17, 15) is 22.8 Å². The van der Waals surface area contributed by atoms with Gasteiger partial charge < -0.3 is 10.6 Å². The van der Waals surface area contributed by atoms with Crippen LogP contribution in [0, 0.1) is 6.92 Å². The van der Waals surface area contributed by atoms with Crippen LogP contribution in [0.4, 0.5) is 19.0 Å². The van der Waals surface area contributed by atoms with E-state index in [0.29, 0.717) is 17.8 Å². The summed E-state index contributed by atoms with van der Waals surface area (Å²) in [5, 5.41) is 5.93. The number of allylic oxidation sites excluding steroid dienone is 3. The van der Waals surface area contributed by atoms with Crippen LogP contribution in [0.3, 0.4) is 0 Å². The Morgan fingerprint density at radius 1 is 1.00 bits per heavy atom. The van der Waals surface area contributed by atoms with Gasteiger partial charge in [0.15, 0.2) is 5.78 Å². The third-order valence-corrected chi connectivity index (χ3v) is 7.08. The zero-order valence-corrected chi connectivity index (χ0v) is 20.9. The molecule has 3 aromatic rings. The number of anilines is 1. The second-order valence-corrected chi connectivity index (χ2v) is 9.69. The molecule has 0 spiro atoms. The number of nitrogens with zero attached hydrogens (tertiary/aromatic N) is 1. The van der Waals surface area contributed by atoms with Crippen LogP contribution in [0.15, 0.2) is 95.5 Å². The van der Waals surface area contributed by atoms with Gasteiger partial charge >= 0.3 is 6.18 Å². The Labute approximate surface area is 218 Å². The van der Waals surface area contributed by atoms with Crippen molar-refractivity contribution in [3.63, 3.8) is 0 Å². The van der Waals surface area contributed by atoms with Crippen molar-refractivity contribution in [1.29, 1.82) is 0 Å². The molecule has 0 fully saturated rings. The number of benzene rings is 2. The summed E-state index contributed by atoms with van der Waals surface area (Å²) in [5.74, 6) is -1.91. The Balaban J connectivity index is 1.63. The predicted molar refractivity (Wildman–Crippen MR) is 138 cm³/mol. The molecule has 2 N–H and O–H groups in total. The normalized spacial score (nSPS) is 19.7. The van der Waals surface area contributed by atoms with Gasteiger partial charge in [0.2, 0.25) is 0 Å². The van der Waals surface area contributed by atoms with Crippen molar-refractivity contribution in [2.45, 2.75) is 44.7 Å². The summed E-state index contributed by atoms with van der Waals surface area (Å²) >= 11 is 0. The van der Waals surface area contributed by atoms with Gasteiger partial charge in [0.1, 0.15) is 5.82 Å². The summed E-state index contributed by atoms with van der Waals surface area (Å²) in [6.45, 7) is 3.50. The van der Waals surface area contributed by atoms with E-state index in [4.69, 9.17) is 0 Å². The van der Waals surface area contributed by atoms with Gasteiger partial charge in [0, 0.05) is 41.1 Å². The number of nitrogens with one attached hydrogen (secondary N) is 2. The monoisotopic (exact) mass is 517 g/mol. The van der Waals surface area contributed by atoms with Crippen LogP contribution in [-0.2, 0) is 15.8 Å². The smallest absolute Gasteiger partial charge is 0.362 e. The maximum atomic E-state index is 14.2. The molecule has 2 unspecified atom stereocenters. The van der Waals surface area contributed by atoms with E-state index in [1.165, 1.54) is 24.4 Å². The Morgan fingerprint density at radius 3 is 2.42 bits per heavy atom. The molecule has 2 aromatic carbocycles. The molecule has 5 nitrogen and oxygen atoms in total. The van der Waals surface area contributed by atoms with Gasteiger partial charge in [-0.1, -0.05) is 48.5 Å². The molecule has 5 rings (SSSR count). The van der Waals surface area contributed by atoms with Crippen LogP contribution in [0.2, 0.25) is 0 Å². The number of Topliss-reactive ketones (excluding diaryl/α,β-unsaturated/α-hetero) is 1. The lowest BCUT2D eigenvalue weighted by molar-refractivity contribution is -0.138. The highest BCUT2D eigenvalue weighted by molar-refractivity contribution is 6.09. The molecule has 194 valence electrons. The van der Waals surface area contributed by atoms with E-state index in [1.54, 1.807) is 19.1 Å². The van der Waals surface area contributed by atoms with Gasteiger partial charge in [-0.05, 0) is 61.1 Å². The van der Waals surface area contributed by atoms with Gasteiger partial charge in [-0.3, -0.25) is 9.59 Å². The van der Waals surface area contributed by atoms with Crippen molar-refractivity contribution in [2.24, 2.45) is 0 Å². The SMILES string of the molecule is CC1=C(C(=O)Nc2cc(C)ccn2)C(c2ccccc2C(F)(F)F)C2=C(CC(c3ccccc3)CC2=O)N1. The van der Waals surface area contributed by atoms with Crippen LogP contribution in [-0.4, -0.2) is 16.7 Å². The van der Waals surface area contributed by atoms with E-state index in [2.05, 4.69) is 15.6 Å². The second kappa shape index (κ2) is 9.93. The molecule has 0 bridgehead atoms. The summed E-state index contributed by atoms with van der Waals surface area (Å²) in [5.41, 5.74) is 2.08. The molecule has 1 amide bonds. The van der Waals surface area contributed by atoms with E-state index < -0.39 is 23.6 Å². The first kappa shape index (κ1) is 25.4. The second-order valence-electron chi connectivity index (χ2n) is 9.69. The van der Waals surface area contributed by atoms with Gasteiger partial charge in [0.25, 0.3) is 5.91 Å². The zero-order valence-electron chi connectivity index (χ0n) is 20.9. The quantitative estimate of drug-likeness (QED) is 0.420. The molecule has 8 heteroatoms. The fourth-order valence-electron chi connectivity index (χ4n) is 5.41. The average molecular weight is 518 g/mol. The van der Waals surface area contributed by atoms with Crippen molar-refractivity contribution in [2.75, 3.05) is 5.32 Å². The van der Waals surface area contributed by atoms with Crippen LogP contribution in [0.5, 0.6) is 0 Å². The summed E-state index contributed by atoms with van der Waals surface area (Å²) in [4.78, 5) is 31.5. The van der Waals surface area contributed by atoms with Crippen molar-refractivity contribution >= 4 is 17.5 Å².